The first-order valence-electron chi connectivity index (χ1n) is 8.45. The van der Waals surface area contributed by atoms with Gasteiger partial charge in [-0.05, 0) is 42.2 Å². The van der Waals surface area contributed by atoms with Crippen molar-refractivity contribution in [2.75, 3.05) is 0 Å². The predicted molar refractivity (Wildman–Crippen MR) is 92.8 cm³/mol. The standard InChI is InChI=1S/C21H28/c1-3-11-20(18-13-7-5-8-14-18)17-21(12-4-2)19-15-9-6-10-16-19/h5-10,13-16,20-21H,3-4,11-12,17H2,1-2H3. The molecule has 0 fully saturated rings. The van der Waals surface area contributed by atoms with Gasteiger partial charge in [-0.3, -0.25) is 0 Å². The highest BCUT2D eigenvalue weighted by atomic mass is 14.2. The van der Waals surface area contributed by atoms with Gasteiger partial charge in [0, 0.05) is 0 Å². The van der Waals surface area contributed by atoms with Crippen molar-refractivity contribution in [3.05, 3.63) is 71.8 Å². The third-order valence-electron chi connectivity index (χ3n) is 4.39. The Morgan fingerprint density at radius 2 is 1.00 bits per heavy atom. The second-order valence-electron chi connectivity index (χ2n) is 6.03. The van der Waals surface area contributed by atoms with Crippen molar-refractivity contribution in [3.8, 4) is 0 Å². The van der Waals surface area contributed by atoms with E-state index in [0.29, 0.717) is 11.8 Å². The van der Waals surface area contributed by atoms with Crippen molar-refractivity contribution in [3.63, 3.8) is 0 Å². The summed E-state index contributed by atoms with van der Waals surface area (Å²) in [6, 6.07) is 22.1. The minimum Gasteiger partial charge on any atom is -0.0654 e. The maximum absolute atomic E-state index is 2.30. The Morgan fingerprint density at radius 1 is 0.619 bits per heavy atom. The van der Waals surface area contributed by atoms with E-state index in [1.165, 1.54) is 43.2 Å². The molecule has 2 aromatic carbocycles. The monoisotopic (exact) mass is 280 g/mol. The average molecular weight is 280 g/mol. The molecule has 2 aromatic rings. The van der Waals surface area contributed by atoms with Crippen LogP contribution in [0.3, 0.4) is 0 Å². The Balaban J connectivity index is 2.16. The highest BCUT2D eigenvalue weighted by Gasteiger charge is 2.18. The molecule has 0 bridgehead atoms. The van der Waals surface area contributed by atoms with Gasteiger partial charge in [-0.1, -0.05) is 87.4 Å². The van der Waals surface area contributed by atoms with E-state index in [1.807, 2.05) is 0 Å². The molecular weight excluding hydrogens is 252 g/mol. The summed E-state index contributed by atoms with van der Waals surface area (Å²) in [5.74, 6) is 1.38. The van der Waals surface area contributed by atoms with E-state index in [1.54, 1.807) is 0 Å². The largest absolute Gasteiger partial charge is 0.0654 e. The van der Waals surface area contributed by atoms with E-state index >= 15 is 0 Å². The number of benzene rings is 2. The summed E-state index contributed by atoms with van der Waals surface area (Å²) in [6.07, 6.45) is 6.37. The molecule has 0 aliphatic carbocycles. The topological polar surface area (TPSA) is 0 Å². The summed E-state index contributed by atoms with van der Waals surface area (Å²) in [5, 5.41) is 0. The van der Waals surface area contributed by atoms with Crippen LogP contribution < -0.4 is 0 Å². The van der Waals surface area contributed by atoms with Crippen LogP contribution in [0.4, 0.5) is 0 Å². The number of rotatable bonds is 8. The molecule has 0 aliphatic rings. The molecule has 0 nitrogen and oxygen atoms in total. The highest BCUT2D eigenvalue weighted by molar-refractivity contribution is 5.23. The first-order chi connectivity index (χ1) is 10.3. The van der Waals surface area contributed by atoms with Crippen LogP contribution in [0.15, 0.2) is 60.7 Å². The number of hydrogen-bond donors (Lipinski definition) is 0. The van der Waals surface area contributed by atoms with E-state index in [9.17, 15) is 0 Å². The molecule has 0 heteroatoms. The summed E-state index contributed by atoms with van der Waals surface area (Å²) < 4.78 is 0. The normalized spacial score (nSPS) is 13.8. The summed E-state index contributed by atoms with van der Waals surface area (Å²) >= 11 is 0. The Kier molecular flexibility index (Phi) is 6.53. The zero-order valence-corrected chi connectivity index (χ0v) is 13.5. The third-order valence-corrected chi connectivity index (χ3v) is 4.39. The number of hydrogen-bond acceptors (Lipinski definition) is 0. The fourth-order valence-electron chi connectivity index (χ4n) is 3.33. The van der Waals surface area contributed by atoms with Crippen molar-refractivity contribution in [2.24, 2.45) is 0 Å². The predicted octanol–water partition coefficient (Wildman–Crippen LogP) is 6.54. The molecule has 2 rings (SSSR count). The van der Waals surface area contributed by atoms with Crippen LogP contribution >= 0.6 is 0 Å². The Hall–Kier alpha value is -1.56. The van der Waals surface area contributed by atoms with Crippen LogP contribution in [0.1, 0.15) is 68.9 Å². The lowest BCUT2D eigenvalue weighted by atomic mass is 9.81. The van der Waals surface area contributed by atoms with Crippen molar-refractivity contribution >= 4 is 0 Å². The minimum atomic E-state index is 0.688. The van der Waals surface area contributed by atoms with Gasteiger partial charge in [0.25, 0.3) is 0 Å². The molecule has 0 saturated carbocycles. The Morgan fingerprint density at radius 3 is 1.33 bits per heavy atom. The maximum Gasteiger partial charge on any atom is -0.0156 e. The smallest absolute Gasteiger partial charge is 0.0156 e. The van der Waals surface area contributed by atoms with Gasteiger partial charge in [0.1, 0.15) is 0 Å². The molecule has 0 aliphatic heterocycles. The SMILES string of the molecule is CCCC(CC(CCC)c1ccccc1)c1ccccc1. The van der Waals surface area contributed by atoms with E-state index in [0.717, 1.165) is 0 Å². The molecular formula is C21H28. The van der Waals surface area contributed by atoms with Crippen molar-refractivity contribution in [2.45, 2.75) is 57.8 Å². The van der Waals surface area contributed by atoms with Crippen LogP contribution in [0, 0.1) is 0 Å². The molecule has 2 unspecified atom stereocenters. The lowest BCUT2D eigenvalue weighted by Crippen LogP contribution is -2.07. The van der Waals surface area contributed by atoms with Crippen LogP contribution in [-0.4, -0.2) is 0 Å². The molecule has 0 aromatic heterocycles. The van der Waals surface area contributed by atoms with Crippen LogP contribution in [-0.2, 0) is 0 Å². The fourth-order valence-corrected chi connectivity index (χ4v) is 3.33. The fraction of sp³-hybridized carbons (Fsp3) is 0.429. The third kappa shape index (κ3) is 4.74. The molecule has 0 spiro atoms. The molecule has 112 valence electrons. The van der Waals surface area contributed by atoms with Gasteiger partial charge in [-0.25, -0.2) is 0 Å². The first-order valence-corrected chi connectivity index (χ1v) is 8.45. The van der Waals surface area contributed by atoms with Gasteiger partial charge in [0.2, 0.25) is 0 Å². The second kappa shape index (κ2) is 8.67. The van der Waals surface area contributed by atoms with E-state index in [4.69, 9.17) is 0 Å². The van der Waals surface area contributed by atoms with Gasteiger partial charge in [-0.2, -0.15) is 0 Å². The van der Waals surface area contributed by atoms with Gasteiger partial charge in [-0.15, -0.1) is 0 Å². The Labute approximate surface area is 130 Å². The van der Waals surface area contributed by atoms with Crippen molar-refractivity contribution in [1.29, 1.82) is 0 Å². The summed E-state index contributed by atoms with van der Waals surface area (Å²) in [4.78, 5) is 0. The van der Waals surface area contributed by atoms with Crippen LogP contribution in [0.25, 0.3) is 0 Å². The molecule has 0 heterocycles. The molecule has 0 N–H and O–H groups in total. The van der Waals surface area contributed by atoms with Gasteiger partial charge >= 0.3 is 0 Å². The van der Waals surface area contributed by atoms with Crippen LogP contribution in [0.2, 0.25) is 0 Å². The summed E-state index contributed by atoms with van der Waals surface area (Å²) in [7, 11) is 0. The lowest BCUT2D eigenvalue weighted by molar-refractivity contribution is 0.475. The zero-order chi connectivity index (χ0) is 14.9. The summed E-state index contributed by atoms with van der Waals surface area (Å²) in [5.41, 5.74) is 3.02. The maximum atomic E-state index is 2.30. The van der Waals surface area contributed by atoms with Gasteiger partial charge in [0.05, 0.1) is 0 Å². The van der Waals surface area contributed by atoms with Gasteiger partial charge in [0.15, 0.2) is 0 Å². The minimum absolute atomic E-state index is 0.688. The van der Waals surface area contributed by atoms with Crippen LogP contribution in [0.5, 0.6) is 0 Å². The van der Waals surface area contributed by atoms with E-state index in [-0.39, 0.29) is 0 Å². The Bertz CT molecular complexity index is 438. The van der Waals surface area contributed by atoms with Gasteiger partial charge < -0.3 is 0 Å². The quantitative estimate of drug-likeness (QED) is 0.514. The molecule has 2 atom stereocenters. The molecule has 0 saturated heterocycles. The summed E-state index contributed by atoms with van der Waals surface area (Å²) in [6.45, 7) is 4.60. The van der Waals surface area contributed by atoms with Crippen molar-refractivity contribution < 1.29 is 0 Å². The molecule has 21 heavy (non-hydrogen) atoms. The molecule has 0 radical (unpaired) electrons. The zero-order valence-electron chi connectivity index (χ0n) is 13.5. The van der Waals surface area contributed by atoms with Crippen molar-refractivity contribution in [1.82, 2.24) is 0 Å². The van der Waals surface area contributed by atoms with E-state index < -0.39 is 0 Å². The highest BCUT2D eigenvalue weighted by Crippen LogP contribution is 2.35. The first kappa shape index (κ1) is 15.8. The average Bonchev–Trinajstić information content (AvgIpc) is 2.55. The second-order valence-corrected chi connectivity index (χ2v) is 6.03. The van der Waals surface area contributed by atoms with E-state index in [2.05, 4.69) is 74.5 Å². The lowest BCUT2D eigenvalue weighted by Gasteiger charge is -2.24. The molecule has 0 amide bonds.